The van der Waals surface area contributed by atoms with Gasteiger partial charge in [0.25, 0.3) is 10.0 Å². The second-order valence-electron chi connectivity index (χ2n) is 4.65. The molecule has 0 saturated carbocycles. The summed E-state index contributed by atoms with van der Waals surface area (Å²) in [7, 11) is -3.79. The van der Waals surface area contributed by atoms with E-state index in [-0.39, 0.29) is 34.3 Å². The zero-order valence-corrected chi connectivity index (χ0v) is 12.8. The van der Waals surface area contributed by atoms with Gasteiger partial charge in [0.1, 0.15) is 5.70 Å². The van der Waals surface area contributed by atoms with Crippen LogP contribution in [0.25, 0.3) is 0 Å². The van der Waals surface area contributed by atoms with E-state index < -0.39 is 15.8 Å². The first-order valence-corrected chi connectivity index (χ1v) is 7.89. The van der Waals surface area contributed by atoms with Gasteiger partial charge in [-0.1, -0.05) is 12.1 Å². The van der Waals surface area contributed by atoms with Crippen molar-refractivity contribution in [2.45, 2.75) is 25.7 Å². The Bertz CT molecular complexity index is 750. The minimum atomic E-state index is -3.79. The highest BCUT2D eigenvalue weighted by Crippen LogP contribution is 2.32. The van der Waals surface area contributed by atoms with Gasteiger partial charge in [-0.2, -0.15) is 0 Å². The first-order chi connectivity index (χ1) is 9.80. The van der Waals surface area contributed by atoms with Crippen LogP contribution in [0.4, 0.5) is 0 Å². The van der Waals surface area contributed by atoms with Crippen molar-refractivity contribution in [1.29, 1.82) is 0 Å². The molecule has 6 nitrogen and oxygen atoms in total. The van der Waals surface area contributed by atoms with Gasteiger partial charge in [-0.05, 0) is 26.0 Å². The normalized spacial score (nSPS) is 19.0. The molecule has 0 atom stereocenters. The van der Waals surface area contributed by atoms with Crippen molar-refractivity contribution in [3.05, 3.63) is 41.2 Å². The smallest absolute Gasteiger partial charge is 0.265 e. The fraction of sp³-hybridized carbons (Fsp3) is 0.286. The molecule has 1 N–H and O–H groups in total. The maximum absolute atomic E-state index is 12.6. The van der Waals surface area contributed by atoms with Crippen molar-refractivity contribution >= 4 is 21.7 Å². The van der Waals surface area contributed by atoms with E-state index in [2.05, 4.69) is 5.32 Å². The Morgan fingerprint density at radius 3 is 2.43 bits per heavy atom. The van der Waals surface area contributed by atoms with Gasteiger partial charge in [0.2, 0.25) is 11.7 Å². The van der Waals surface area contributed by atoms with E-state index in [0.29, 0.717) is 0 Å². The number of hydrogen-bond donors (Lipinski definition) is 1. The van der Waals surface area contributed by atoms with E-state index in [9.17, 15) is 18.0 Å². The molecule has 0 aliphatic carbocycles. The number of amides is 1. The molecule has 2 rings (SSSR count). The van der Waals surface area contributed by atoms with Gasteiger partial charge < -0.3 is 5.32 Å². The van der Waals surface area contributed by atoms with E-state index in [1.165, 1.54) is 26.0 Å². The molecule has 0 radical (unpaired) electrons. The predicted octanol–water partition coefficient (Wildman–Crippen LogP) is 1.26. The van der Waals surface area contributed by atoms with E-state index in [1.807, 2.05) is 0 Å². The molecule has 1 aromatic rings. The summed E-state index contributed by atoms with van der Waals surface area (Å²) in [5.41, 5.74) is 0.348. The molecular formula is C14H16N2O4S. The van der Waals surface area contributed by atoms with Crippen molar-refractivity contribution in [2.75, 3.05) is 6.54 Å². The van der Waals surface area contributed by atoms with Gasteiger partial charge in [-0.25, -0.2) is 8.42 Å². The third-order valence-corrected chi connectivity index (χ3v) is 5.10. The van der Waals surface area contributed by atoms with Crippen molar-refractivity contribution in [3.8, 4) is 0 Å². The Morgan fingerprint density at radius 1 is 1.24 bits per heavy atom. The number of ketones is 1. The zero-order valence-electron chi connectivity index (χ0n) is 12.0. The monoisotopic (exact) mass is 308 g/mol. The summed E-state index contributed by atoms with van der Waals surface area (Å²) in [5.74, 6) is -0.770. The number of rotatable bonds is 2. The average Bonchev–Trinajstić information content (AvgIpc) is 2.41. The first kappa shape index (κ1) is 15.2. The molecule has 0 aromatic heterocycles. The van der Waals surface area contributed by atoms with Crippen LogP contribution in [0.15, 0.2) is 40.6 Å². The fourth-order valence-corrected chi connectivity index (χ4v) is 4.09. The van der Waals surface area contributed by atoms with Crippen molar-refractivity contribution in [3.63, 3.8) is 0 Å². The quantitative estimate of drug-likeness (QED) is 0.834. The minimum absolute atomic E-state index is 0.00350. The van der Waals surface area contributed by atoms with Gasteiger partial charge >= 0.3 is 0 Å². The molecule has 0 fully saturated rings. The molecule has 1 heterocycles. The Kier molecular flexibility index (Phi) is 3.87. The van der Waals surface area contributed by atoms with Crippen molar-refractivity contribution in [2.24, 2.45) is 0 Å². The van der Waals surface area contributed by atoms with Crippen LogP contribution in [-0.2, 0) is 14.8 Å². The Morgan fingerprint density at radius 2 is 1.86 bits per heavy atom. The summed E-state index contributed by atoms with van der Waals surface area (Å²) in [6.07, 6.45) is 0. The molecule has 112 valence electrons. The number of allylic oxidation sites excluding steroid dienone is 2. The lowest BCUT2D eigenvalue weighted by atomic mass is 10.1. The van der Waals surface area contributed by atoms with Crippen LogP contribution in [-0.4, -0.2) is 31.0 Å². The summed E-state index contributed by atoms with van der Waals surface area (Å²) in [6.45, 7) is 4.56. The Balaban J connectivity index is 2.75. The summed E-state index contributed by atoms with van der Waals surface area (Å²) in [6, 6.07) is 6.07. The molecule has 1 aliphatic rings. The number of benzene rings is 1. The van der Waals surface area contributed by atoms with Crippen LogP contribution in [0, 0.1) is 0 Å². The number of sulfonamides is 1. The lowest BCUT2D eigenvalue weighted by Gasteiger charge is -2.31. The molecule has 0 bridgehead atoms. The number of fused-ring (bicyclic) bond motifs is 1. The van der Waals surface area contributed by atoms with E-state index in [4.69, 9.17) is 0 Å². The van der Waals surface area contributed by atoms with Crippen LogP contribution in [0.2, 0.25) is 0 Å². The topological polar surface area (TPSA) is 83.6 Å². The summed E-state index contributed by atoms with van der Waals surface area (Å²) >= 11 is 0. The fourth-order valence-electron chi connectivity index (χ4n) is 2.37. The number of hydrogen-bond acceptors (Lipinski definition) is 4. The maximum Gasteiger partial charge on any atom is 0.265 e. The third-order valence-electron chi connectivity index (χ3n) is 3.17. The Labute approximate surface area is 123 Å². The van der Waals surface area contributed by atoms with Gasteiger partial charge in [-0.3, -0.25) is 13.9 Å². The van der Waals surface area contributed by atoms with Crippen LogP contribution in [0.5, 0.6) is 0 Å². The summed E-state index contributed by atoms with van der Waals surface area (Å²) < 4.78 is 26.2. The second-order valence-corrected chi connectivity index (χ2v) is 6.48. The molecule has 1 aliphatic heterocycles. The van der Waals surface area contributed by atoms with Crippen LogP contribution in [0.3, 0.4) is 0 Å². The van der Waals surface area contributed by atoms with Crippen molar-refractivity contribution in [1.82, 2.24) is 9.62 Å². The average molecular weight is 308 g/mol. The number of nitrogens with zero attached hydrogens (tertiary/aromatic N) is 1. The summed E-state index contributed by atoms with van der Waals surface area (Å²) in [5, 5.41) is 2.49. The second kappa shape index (κ2) is 5.33. The largest absolute Gasteiger partial charge is 0.328 e. The van der Waals surface area contributed by atoms with Gasteiger partial charge in [0.15, 0.2) is 0 Å². The predicted molar refractivity (Wildman–Crippen MR) is 76.9 cm³/mol. The summed E-state index contributed by atoms with van der Waals surface area (Å²) in [4.78, 5) is 23.8. The first-order valence-electron chi connectivity index (χ1n) is 6.45. The van der Waals surface area contributed by atoms with Crippen LogP contribution < -0.4 is 5.32 Å². The number of carbonyl (C=O) groups is 2. The molecule has 1 amide bonds. The van der Waals surface area contributed by atoms with E-state index in [1.54, 1.807) is 19.1 Å². The highest BCUT2D eigenvalue weighted by atomic mass is 32.2. The third kappa shape index (κ3) is 2.44. The van der Waals surface area contributed by atoms with E-state index in [0.717, 1.165) is 4.31 Å². The van der Waals surface area contributed by atoms with Crippen molar-refractivity contribution < 1.29 is 18.0 Å². The maximum atomic E-state index is 12.6. The van der Waals surface area contributed by atoms with Crippen LogP contribution >= 0.6 is 0 Å². The molecule has 0 spiro atoms. The molecule has 1 aromatic carbocycles. The lowest BCUT2D eigenvalue weighted by Crippen LogP contribution is -2.41. The number of Topliss-reactive ketones (excluding diaryl/α,β-unsaturated/α-hetero) is 1. The van der Waals surface area contributed by atoms with Gasteiger partial charge in [0, 0.05) is 24.7 Å². The SMILES string of the molecule is CCN1C(=C(C)NC(C)=O)C(=O)c2ccccc2S1(=O)=O. The lowest BCUT2D eigenvalue weighted by molar-refractivity contribution is -0.118. The van der Waals surface area contributed by atoms with Gasteiger partial charge in [-0.15, -0.1) is 0 Å². The minimum Gasteiger partial charge on any atom is -0.328 e. The molecule has 7 heteroatoms. The molecule has 0 unspecified atom stereocenters. The molecular weight excluding hydrogens is 292 g/mol. The molecule has 0 saturated heterocycles. The number of nitrogens with one attached hydrogen (secondary N) is 1. The standard InChI is InChI=1S/C14H16N2O4S/c1-4-16-13(9(2)15-10(3)17)14(18)11-7-5-6-8-12(11)21(16,19)20/h5-8H,4H2,1-3H3,(H,15,17). The highest BCUT2D eigenvalue weighted by molar-refractivity contribution is 7.89. The number of likely N-dealkylation sites (N-methyl/N-ethyl adjacent to an activating group) is 1. The number of carbonyl (C=O) groups excluding carboxylic acids is 2. The van der Waals surface area contributed by atoms with E-state index >= 15 is 0 Å². The highest BCUT2D eigenvalue weighted by Gasteiger charge is 2.39. The van der Waals surface area contributed by atoms with Gasteiger partial charge in [0.05, 0.1) is 4.90 Å². The molecule has 21 heavy (non-hydrogen) atoms. The Hall–Kier alpha value is -2.15. The zero-order chi connectivity index (χ0) is 15.8. The van der Waals surface area contributed by atoms with Crippen LogP contribution in [0.1, 0.15) is 31.1 Å².